The molecule has 1 aromatic carbocycles. The minimum absolute atomic E-state index is 0.0358. The van der Waals surface area contributed by atoms with Crippen LogP contribution in [0.3, 0.4) is 0 Å². The Kier molecular flexibility index (Phi) is 5.59. The van der Waals surface area contributed by atoms with Gasteiger partial charge in [0, 0.05) is 28.6 Å². The van der Waals surface area contributed by atoms with Crippen molar-refractivity contribution in [1.82, 2.24) is 9.88 Å². The van der Waals surface area contributed by atoms with Crippen LogP contribution in [0.25, 0.3) is 0 Å². The van der Waals surface area contributed by atoms with Gasteiger partial charge >= 0.3 is 0 Å². The van der Waals surface area contributed by atoms with Crippen molar-refractivity contribution in [3.8, 4) is 0 Å². The monoisotopic (exact) mass is 349 g/mol. The molecule has 5 heteroatoms. The number of anilines is 1. The molecule has 0 saturated heterocycles. The Morgan fingerprint density at radius 1 is 1.38 bits per heavy atom. The van der Waals surface area contributed by atoms with Crippen LogP contribution in [0.2, 0.25) is 0 Å². The molecule has 0 saturated carbocycles. The van der Waals surface area contributed by atoms with Crippen molar-refractivity contribution in [3.05, 3.63) is 52.8 Å². The quantitative estimate of drug-likeness (QED) is 0.837. The van der Waals surface area contributed by atoms with E-state index in [0.29, 0.717) is 12.6 Å². The molecule has 0 bridgehead atoms. The van der Waals surface area contributed by atoms with Crippen molar-refractivity contribution in [2.75, 3.05) is 11.9 Å². The van der Waals surface area contributed by atoms with E-state index in [1.54, 1.807) is 0 Å². The fourth-order valence-electron chi connectivity index (χ4n) is 2.17. The summed E-state index contributed by atoms with van der Waals surface area (Å²) in [4.78, 5) is 12.0. The molecule has 2 N–H and O–H groups in total. The van der Waals surface area contributed by atoms with Crippen molar-refractivity contribution in [2.45, 2.75) is 26.4 Å². The second kappa shape index (κ2) is 7.43. The van der Waals surface area contributed by atoms with Gasteiger partial charge in [0.2, 0.25) is 5.91 Å². The second-order valence-corrected chi connectivity index (χ2v) is 5.87. The molecule has 21 heavy (non-hydrogen) atoms. The van der Waals surface area contributed by atoms with Gasteiger partial charge in [0.15, 0.2) is 0 Å². The van der Waals surface area contributed by atoms with E-state index < -0.39 is 0 Å². The molecule has 0 fully saturated rings. The maximum atomic E-state index is 12.0. The number of amides is 1. The van der Waals surface area contributed by atoms with Gasteiger partial charge in [-0.3, -0.25) is 4.79 Å². The highest BCUT2D eigenvalue weighted by atomic mass is 79.9. The maximum absolute atomic E-state index is 12.0. The topological polar surface area (TPSA) is 46.1 Å². The molecule has 1 atom stereocenters. The van der Waals surface area contributed by atoms with Crippen LogP contribution in [0.5, 0.6) is 0 Å². The lowest BCUT2D eigenvalue weighted by atomic mass is 10.2. The summed E-state index contributed by atoms with van der Waals surface area (Å²) in [5.74, 6) is -0.0358. The summed E-state index contributed by atoms with van der Waals surface area (Å²) < 4.78 is 2.85. The number of hydrogen-bond acceptors (Lipinski definition) is 2. The van der Waals surface area contributed by atoms with Gasteiger partial charge in [-0.2, -0.15) is 0 Å². The largest absolute Gasteiger partial charge is 0.345 e. The third-order valence-corrected chi connectivity index (χ3v) is 3.71. The lowest BCUT2D eigenvalue weighted by Gasteiger charge is -2.10. The van der Waals surface area contributed by atoms with Gasteiger partial charge < -0.3 is 15.2 Å². The number of rotatable bonds is 6. The number of aromatic nitrogens is 1. The molecule has 1 heterocycles. The summed E-state index contributed by atoms with van der Waals surface area (Å²) in [6, 6.07) is 9.91. The summed E-state index contributed by atoms with van der Waals surface area (Å²) in [5.41, 5.74) is 1.98. The SMILES string of the molecule is CCNC(C)c1ccn(CC(=O)Nc2cccc(Br)c2)c1. The maximum Gasteiger partial charge on any atom is 0.244 e. The first-order chi connectivity index (χ1) is 10.1. The fourth-order valence-corrected chi connectivity index (χ4v) is 2.57. The van der Waals surface area contributed by atoms with Gasteiger partial charge in [0.1, 0.15) is 6.54 Å². The van der Waals surface area contributed by atoms with Gasteiger partial charge in [-0.1, -0.05) is 28.9 Å². The van der Waals surface area contributed by atoms with Gasteiger partial charge in [0.25, 0.3) is 0 Å². The minimum atomic E-state index is -0.0358. The third kappa shape index (κ3) is 4.72. The fraction of sp³-hybridized carbons (Fsp3) is 0.312. The Bertz CT molecular complexity index is 609. The van der Waals surface area contributed by atoms with E-state index in [4.69, 9.17) is 0 Å². The molecule has 4 nitrogen and oxygen atoms in total. The van der Waals surface area contributed by atoms with Crippen LogP contribution in [-0.4, -0.2) is 17.0 Å². The van der Waals surface area contributed by atoms with E-state index in [9.17, 15) is 4.79 Å². The van der Waals surface area contributed by atoms with Crippen molar-refractivity contribution < 1.29 is 4.79 Å². The summed E-state index contributed by atoms with van der Waals surface area (Å²) in [6.07, 6.45) is 3.94. The number of halogens is 1. The number of nitrogens with one attached hydrogen (secondary N) is 2. The molecule has 0 aliphatic heterocycles. The second-order valence-electron chi connectivity index (χ2n) is 4.96. The molecule has 0 aliphatic rings. The average molecular weight is 350 g/mol. The first-order valence-electron chi connectivity index (χ1n) is 7.03. The molecule has 1 unspecified atom stereocenters. The van der Waals surface area contributed by atoms with Crippen LogP contribution in [0.1, 0.15) is 25.5 Å². The van der Waals surface area contributed by atoms with Crippen LogP contribution in [0, 0.1) is 0 Å². The Hall–Kier alpha value is -1.59. The van der Waals surface area contributed by atoms with E-state index in [0.717, 1.165) is 16.7 Å². The number of benzene rings is 1. The van der Waals surface area contributed by atoms with Gasteiger partial charge in [-0.25, -0.2) is 0 Å². The van der Waals surface area contributed by atoms with Crippen LogP contribution in [0.4, 0.5) is 5.69 Å². The van der Waals surface area contributed by atoms with Crippen molar-refractivity contribution in [2.24, 2.45) is 0 Å². The van der Waals surface area contributed by atoms with Crippen molar-refractivity contribution in [1.29, 1.82) is 0 Å². The first kappa shape index (κ1) is 15.8. The molecule has 0 radical (unpaired) electrons. The van der Waals surface area contributed by atoms with Gasteiger partial charge in [-0.15, -0.1) is 0 Å². The smallest absolute Gasteiger partial charge is 0.244 e. The van der Waals surface area contributed by atoms with Gasteiger partial charge in [0.05, 0.1) is 0 Å². The molecule has 1 aromatic heterocycles. The molecule has 0 spiro atoms. The molecular weight excluding hydrogens is 330 g/mol. The molecule has 112 valence electrons. The van der Waals surface area contributed by atoms with Crippen LogP contribution in [-0.2, 0) is 11.3 Å². The van der Waals surface area contributed by atoms with Crippen LogP contribution >= 0.6 is 15.9 Å². The third-order valence-electron chi connectivity index (χ3n) is 3.22. The highest BCUT2D eigenvalue weighted by Gasteiger charge is 2.08. The minimum Gasteiger partial charge on any atom is -0.345 e. The molecular formula is C16H20BrN3O. The molecule has 1 amide bonds. The average Bonchev–Trinajstić information content (AvgIpc) is 2.87. The highest BCUT2D eigenvalue weighted by Crippen LogP contribution is 2.16. The number of carbonyl (C=O) groups is 1. The summed E-state index contributed by atoms with van der Waals surface area (Å²) in [6.45, 7) is 5.44. The first-order valence-corrected chi connectivity index (χ1v) is 7.82. The lowest BCUT2D eigenvalue weighted by molar-refractivity contribution is -0.116. The Balaban J connectivity index is 1.94. The van der Waals surface area contributed by atoms with E-state index in [1.165, 1.54) is 5.56 Å². The van der Waals surface area contributed by atoms with Gasteiger partial charge in [-0.05, 0) is 43.3 Å². The zero-order valence-electron chi connectivity index (χ0n) is 12.3. The van der Waals surface area contributed by atoms with E-state index in [-0.39, 0.29) is 5.91 Å². The van der Waals surface area contributed by atoms with Crippen molar-refractivity contribution >= 4 is 27.5 Å². The van der Waals surface area contributed by atoms with Crippen molar-refractivity contribution in [3.63, 3.8) is 0 Å². The Morgan fingerprint density at radius 3 is 2.90 bits per heavy atom. The molecule has 2 rings (SSSR count). The van der Waals surface area contributed by atoms with E-state index >= 15 is 0 Å². The highest BCUT2D eigenvalue weighted by molar-refractivity contribution is 9.10. The predicted molar refractivity (Wildman–Crippen MR) is 89.3 cm³/mol. The summed E-state index contributed by atoms with van der Waals surface area (Å²) in [7, 11) is 0. The Morgan fingerprint density at radius 2 is 2.19 bits per heavy atom. The van der Waals surface area contributed by atoms with E-state index in [2.05, 4.69) is 40.4 Å². The lowest BCUT2D eigenvalue weighted by Crippen LogP contribution is -2.19. The number of nitrogens with zero attached hydrogens (tertiary/aromatic N) is 1. The number of hydrogen-bond donors (Lipinski definition) is 2. The van der Waals surface area contributed by atoms with E-state index in [1.807, 2.05) is 47.3 Å². The molecule has 0 aliphatic carbocycles. The predicted octanol–water partition coefficient (Wildman–Crippen LogP) is 3.56. The zero-order valence-corrected chi connectivity index (χ0v) is 13.9. The molecule has 2 aromatic rings. The summed E-state index contributed by atoms with van der Waals surface area (Å²) in [5, 5.41) is 6.24. The Labute approximate surface area is 133 Å². The normalized spacial score (nSPS) is 12.1. The van der Waals surface area contributed by atoms with Crippen LogP contribution < -0.4 is 10.6 Å². The standard InChI is InChI=1S/C16H20BrN3O/c1-3-18-12(2)13-7-8-20(10-13)11-16(21)19-15-6-4-5-14(17)9-15/h4-10,12,18H,3,11H2,1-2H3,(H,19,21). The summed E-state index contributed by atoms with van der Waals surface area (Å²) >= 11 is 3.39. The number of carbonyl (C=O) groups excluding carboxylic acids is 1. The zero-order chi connectivity index (χ0) is 15.2. The van der Waals surface area contributed by atoms with Crippen LogP contribution in [0.15, 0.2) is 47.2 Å².